The molecule has 2 rings (SSSR count). The van der Waals surface area contributed by atoms with Gasteiger partial charge in [0.15, 0.2) is 12.6 Å². The molecule has 0 aromatic heterocycles. The van der Waals surface area contributed by atoms with Crippen LogP contribution >= 0.6 is 0 Å². The lowest BCUT2D eigenvalue weighted by atomic mass is 9.97. The number of carbonyl (C=O) groups is 1. The first-order valence-electron chi connectivity index (χ1n) is 24.7. The van der Waals surface area contributed by atoms with Crippen LogP contribution in [0.15, 0.2) is 72.9 Å². The molecule has 0 bridgehead atoms. The minimum atomic E-state index is -1.80. The third kappa shape index (κ3) is 24.9. The van der Waals surface area contributed by atoms with Crippen LogP contribution in [0.5, 0.6) is 0 Å². The van der Waals surface area contributed by atoms with Crippen molar-refractivity contribution in [3.05, 3.63) is 72.9 Å². The third-order valence-corrected chi connectivity index (χ3v) is 11.6. The first-order chi connectivity index (χ1) is 31.6. The van der Waals surface area contributed by atoms with Crippen molar-refractivity contribution in [2.75, 3.05) is 19.8 Å². The largest absolute Gasteiger partial charge is 0.394 e. The maximum atomic E-state index is 13.1. The van der Waals surface area contributed by atoms with Crippen LogP contribution in [0.3, 0.4) is 0 Å². The van der Waals surface area contributed by atoms with Crippen molar-refractivity contribution in [1.29, 1.82) is 0 Å². The van der Waals surface area contributed by atoms with Crippen molar-refractivity contribution in [1.82, 2.24) is 5.32 Å². The molecule has 0 aliphatic carbocycles. The molecule has 1 amide bonds. The molecule has 0 aromatic rings. The Morgan fingerprint density at radius 2 is 1.08 bits per heavy atom. The molecule has 2 heterocycles. The topological polar surface area (TPSA) is 228 Å². The molecule has 12 atom stereocenters. The second-order valence-electron chi connectivity index (χ2n) is 17.2. The van der Waals surface area contributed by atoms with Crippen LogP contribution in [0.1, 0.15) is 149 Å². The van der Waals surface area contributed by atoms with E-state index in [4.69, 9.17) is 18.9 Å². The summed E-state index contributed by atoms with van der Waals surface area (Å²) in [6.07, 6.45) is 29.5. The summed E-state index contributed by atoms with van der Waals surface area (Å²) in [6.45, 7) is 2.59. The van der Waals surface area contributed by atoms with Crippen LogP contribution in [0.25, 0.3) is 0 Å². The van der Waals surface area contributed by atoms with E-state index in [1.54, 1.807) is 6.08 Å². The van der Waals surface area contributed by atoms with Gasteiger partial charge >= 0.3 is 0 Å². The van der Waals surface area contributed by atoms with E-state index >= 15 is 0 Å². The van der Waals surface area contributed by atoms with Crippen LogP contribution in [0.4, 0.5) is 0 Å². The number of ether oxygens (including phenoxy) is 4. The number of nitrogens with one attached hydrogen (secondary N) is 1. The lowest BCUT2D eigenvalue weighted by Gasteiger charge is -2.46. The maximum Gasteiger partial charge on any atom is 0.220 e. The fourth-order valence-corrected chi connectivity index (χ4v) is 7.57. The van der Waals surface area contributed by atoms with E-state index in [2.05, 4.69) is 79.9 Å². The van der Waals surface area contributed by atoms with Crippen molar-refractivity contribution in [2.45, 2.75) is 222 Å². The Morgan fingerprint density at radius 1 is 0.569 bits per heavy atom. The Balaban J connectivity index is 1.91. The van der Waals surface area contributed by atoms with Crippen molar-refractivity contribution < 1.29 is 64.6 Å². The lowest BCUT2D eigenvalue weighted by Crippen LogP contribution is -2.65. The fraction of sp³-hybridized carbons (Fsp3) is 0.745. The van der Waals surface area contributed by atoms with Gasteiger partial charge < -0.3 is 65.1 Å². The molecule has 0 spiro atoms. The zero-order chi connectivity index (χ0) is 47.5. The Bertz CT molecular complexity index is 1370. The van der Waals surface area contributed by atoms with Gasteiger partial charge in [-0.05, 0) is 77.0 Å². The maximum absolute atomic E-state index is 13.1. The summed E-state index contributed by atoms with van der Waals surface area (Å²) in [5.74, 6) is -0.287. The number of aliphatic hydroxyl groups is 8. The van der Waals surface area contributed by atoms with Crippen LogP contribution in [-0.4, -0.2) is 140 Å². The normalized spacial score (nSPS) is 27.7. The Kier molecular flexibility index (Phi) is 33.7. The standard InChI is InChI=1S/C51H87NO13/c1-3-5-7-9-11-13-15-17-18-19-20-21-23-24-26-28-30-32-34-40(55)39(52-43(56)35-33-31-29-27-25-22-16-14-12-10-8-6-4-2)38-62-50-48(61)46(59)49(42(37-54)64-50)65-51-47(60)45(58)44(57)41(36-53)63-51/h6,8,12,14,19-20,22,24-26,32,34,39-42,44-51,53-55,57-61H,3-5,7,9-11,13,15-18,21,23,27-31,33,35-38H2,1-2H3,(H,52,56)/b8-6-,14-12-,20-19+,25-22-,26-24+,34-32+. The Morgan fingerprint density at radius 3 is 1.69 bits per heavy atom. The van der Waals surface area contributed by atoms with Gasteiger partial charge in [-0.25, -0.2) is 0 Å². The molecule has 374 valence electrons. The average molecular weight is 922 g/mol. The third-order valence-electron chi connectivity index (χ3n) is 11.6. The lowest BCUT2D eigenvalue weighted by molar-refractivity contribution is -0.359. The van der Waals surface area contributed by atoms with Crippen LogP contribution < -0.4 is 5.32 Å². The minimum absolute atomic E-state index is 0.231. The molecule has 2 fully saturated rings. The molecule has 2 aliphatic heterocycles. The molecule has 65 heavy (non-hydrogen) atoms. The predicted molar refractivity (Wildman–Crippen MR) is 253 cm³/mol. The zero-order valence-corrected chi connectivity index (χ0v) is 39.4. The molecular formula is C51H87NO13. The summed E-state index contributed by atoms with van der Waals surface area (Å²) in [6, 6.07) is -0.955. The first-order valence-corrected chi connectivity index (χ1v) is 24.7. The molecule has 9 N–H and O–H groups in total. The molecular weight excluding hydrogens is 835 g/mol. The van der Waals surface area contributed by atoms with E-state index in [-0.39, 0.29) is 18.9 Å². The van der Waals surface area contributed by atoms with Gasteiger partial charge in [0.25, 0.3) is 0 Å². The van der Waals surface area contributed by atoms with Crippen molar-refractivity contribution in [2.24, 2.45) is 0 Å². The molecule has 14 nitrogen and oxygen atoms in total. The molecule has 0 radical (unpaired) electrons. The second-order valence-corrected chi connectivity index (χ2v) is 17.2. The monoisotopic (exact) mass is 922 g/mol. The number of hydrogen-bond donors (Lipinski definition) is 9. The van der Waals surface area contributed by atoms with Crippen molar-refractivity contribution >= 4 is 5.91 Å². The predicted octanol–water partition coefficient (Wildman–Crippen LogP) is 6.04. The van der Waals surface area contributed by atoms with Gasteiger partial charge in [-0.15, -0.1) is 0 Å². The van der Waals surface area contributed by atoms with Gasteiger partial charge in [0.1, 0.15) is 48.8 Å². The molecule has 0 saturated carbocycles. The highest BCUT2D eigenvalue weighted by Crippen LogP contribution is 2.30. The summed E-state index contributed by atoms with van der Waals surface area (Å²) in [4.78, 5) is 13.1. The molecule has 14 heteroatoms. The van der Waals surface area contributed by atoms with Gasteiger partial charge in [0.2, 0.25) is 5.91 Å². The number of amides is 1. The van der Waals surface area contributed by atoms with Gasteiger partial charge in [-0.2, -0.15) is 0 Å². The highest BCUT2D eigenvalue weighted by atomic mass is 16.7. The smallest absolute Gasteiger partial charge is 0.220 e. The number of unbranched alkanes of at least 4 members (excludes halogenated alkanes) is 13. The molecule has 0 aromatic carbocycles. The fourth-order valence-electron chi connectivity index (χ4n) is 7.57. The summed E-state index contributed by atoms with van der Waals surface area (Å²) >= 11 is 0. The first kappa shape index (κ1) is 58.6. The van der Waals surface area contributed by atoms with Gasteiger partial charge in [0.05, 0.1) is 32.0 Å². The van der Waals surface area contributed by atoms with Crippen LogP contribution in [0.2, 0.25) is 0 Å². The number of carbonyl (C=O) groups excluding carboxylic acids is 1. The van der Waals surface area contributed by atoms with E-state index in [0.717, 1.165) is 64.2 Å². The van der Waals surface area contributed by atoms with Gasteiger partial charge in [-0.1, -0.05) is 138 Å². The summed E-state index contributed by atoms with van der Waals surface area (Å²) in [7, 11) is 0. The van der Waals surface area contributed by atoms with Gasteiger partial charge in [0, 0.05) is 6.42 Å². The summed E-state index contributed by atoms with van der Waals surface area (Å²) < 4.78 is 22.6. The number of aliphatic hydroxyl groups excluding tert-OH is 8. The van der Waals surface area contributed by atoms with E-state index in [1.165, 1.54) is 51.4 Å². The SMILES string of the molecule is CC/C=C\C/C=C\C/C=C\CCCCCC(=O)NC(COC1OC(CO)C(OC2OC(CO)C(O)C(O)C2O)C(O)C1O)C(O)/C=C/CC/C=C/CC/C=C/CCCCCCCCCC. The van der Waals surface area contributed by atoms with E-state index < -0.39 is 86.8 Å². The van der Waals surface area contributed by atoms with Crippen LogP contribution in [0, 0.1) is 0 Å². The van der Waals surface area contributed by atoms with Gasteiger partial charge in [-0.3, -0.25) is 4.79 Å². The quantitative estimate of drug-likeness (QED) is 0.0258. The Labute approximate surface area is 389 Å². The zero-order valence-electron chi connectivity index (χ0n) is 39.4. The summed E-state index contributed by atoms with van der Waals surface area (Å²) in [5, 5.41) is 86.6. The van der Waals surface area contributed by atoms with Crippen LogP contribution in [-0.2, 0) is 23.7 Å². The second kappa shape index (κ2) is 37.4. The van der Waals surface area contributed by atoms with E-state index in [9.17, 15) is 45.6 Å². The Hall–Kier alpha value is -2.57. The molecule has 2 saturated heterocycles. The van der Waals surface area contributed by atoms with Crippen molar-refractivity contribution in [3.63, 3.8) is 0 Å². The molecule has 2 aliphatic rings. The molecule has 12 unspecified atom stereocenters. The van der Waals surface area contributed by atoms with E-state index in [0.29, 0.717) is 12.8 Å². The highest BCUT2D eigenvalue weighted by molar-refractivity contribution is 5.76. The van der Waals surface area contributed by atoms with E-state index in [1.807, 2.05) is 6.08 Å². The summed E-state index contributed by atoms with van der Waals surface area (Å²) in [5.41, 5.74) is 0. The minimum Gasteiger partial charge on any atom is -0.394 e. The van der Waals surface area contributed by atoms with Crippen molar-refractivity contribution in [3.8, 4) is 0 Å². The number of rotatable bonds is 36. The number of allylic oxidation sites excluding steroid dienone is 11. The average Bonchev–Trinajstić information content (AvgIpc) is 3.30. The number of hydrogen-bond acceptors (Lipinski definition) is 13. The highest BCUT2D eigenvalue weighted by Gasteiger charge is 2.51.